The first-order valence-electron chi connectivity index (χ1n) is 7.91. The van der Waals surface area contributed by atoms with Crippen molar-refractivity contribution in [1.29, 1.82) is 0 Å². The summed E-state index contributed by atoms with van der Waals surface area (Å²) in [5, 5.41) is 9.95. The summed E-state index contributed by atoms with van der Waals surface area (Å²) in [7, 11) is -2.92. The number of aliphatic hydroxyl groups is 1. The largest absolute Gasteiger partial charge is 0.392 e. The Labute approximate surface area is 135 Å². The van der Waals surface area contributed by atoms with Crippen LogP contribution in [0.3, 0.4) is 0 Å². The zero-order valence-electron chi connectivity index (χ0n) is 12.8. The highest BCUT2D eigenvalue weighted by Gasteiger charge is 2.36. The minimum Gasteiger partial charge on any atom is -0.392 e. The maximum atomic E-state index is 14.0. The molecule has 4 nitrogen and oxygen atoms in total. The molecule has 1 aromatic carbocycles. The van der Waals surface area contributed by atoms with E-state index in [1.54, 1.807) is 0 Å². The summed E-state index contributed by atoms with van der Waals surface area (Å²) in [6, 6.07) is 3.02. The Morgan fingerprint density at radius 1 is 1.22 bits per heavy atom. The first-order chi connectivity index (χ1) is 10.8. The molecule has 2 aliphatic heterocycles. The number of aliphatic hydroxyl groups excluding tert-OH is 1. The molecule has 0 spiro atoms. The lowest BCUT2D eigenvalue weighted by Crippen LogP contribution is -2.35. The van der Waals surface area contributed by atoms with E-state index in [0.717, 1.165) is 12.1 Å². The molecular formula is C16H21F2NO3S. The lowest BCUT2D eigenvalue weighted by atomic mass is 9.99. The van der Waals surface area contributed by atoms with Gasteiger partial charge in [-0.25, -0.2) is 17.2 Å². The van der Waals surface area contributed by atoms with Crippen LogP contribution in [0.2, 0.25) is 0 Å². The van der Waals surface area contributed by atoms with E-state index in [9.17, 15) is 22.3 Å². The average Bonchev–Trinajstić information content (AvgIpc) is 2.84. The summed E-state index contributed by atoms with van der Waals surface area (Å²) in [6.07, 6.45) is 0.973. The third-order valence-corrected chi connectivity index (χ3v) is 6.58. The number of sulfone groups is 1. The topological polar surface area (TPSA) is 57.6 Å². The van der Waals surface area contributed by atoms with Gasteiger partial charge in [-0.1, -0.05) is 0 Å². The molecule has 1 aromatic rings. The molecule has 0 saturated carbocycles. The Morgan fingerprint density at radius 2 is 1.91 bits per heavy atom. The van der Waals surface area contributed by atoms with Crippen LogP contribution in [0.25, 0.3) is 0 Å². The van der Waals surface area contributed by atoms with E-state index in [1.807, 2.05) is 4.90 Å². The van der Waals surface area contributed by atoms with Gasteiger partial charge in [0.2, 0.25) is 0 Å². The van der Waals surface area contributed by atoms with Crippen molar-refractivity contribution >= 4 is 9.84 Å². The van der Waals surface area contributed by atoms with Gasteiger partial charge in [-0.3, -0.25) is 4.90 Å². The Morgan fingerprint density at radius 3 is 2.61 bits per heavy atom. The zero-order valence-corrected chi connectivity index (χ0v) is 13.6. The first-order valence-corrected chi connectivity index (χ1v) is 9.74. The van der Waals surface area contributed by atoms with Gasteiger partial charge < -0.3 is 5.11 Å². The van der Waals surface area contributed by atoms with E-state index < -0.39 is 27.6 Å². The van der Waals surface area contributed by atoms with Gasteiger partial charge >= 0.3 is 0 Å². The van der Waals surface area contributed by atoms with Crippen LogP contribution in [-0.4, -0.2) is 49.1 Å². The fourth-order valence-electron chi connectivity index (χ4n) is 3.63. The second-order valence-electron chi connectivity index (χ2n) is 6.62. The average molecular weight is 345 g/mol. The van der Waals surface area contributed by atoms with E-state index in [4.69, 9.17) is 0 Å². The summed E-state index contributed by atoms with van der Waals surface area (Å²) in [5.74, 6) is -0.378. The third kappa shape index (κ3) is 3.89. The lowest BCUT2D eigenvalue weighted by Gasteiger charge is -2.31. The van der Waals surface area contributed by atoms with Gasteiger partial charge in [-0.05, 0) is 43.4 Å². The summed E-state index contributed by atoms with van der Waals surface area (Å²) in [4.78, 5) is 1.96. The van der Waals surface area contributed by atoms with Gasteiger partial charge in [-0.2, -0.15) is 0 Å². The van der Waals surface area contributed by atoms with Crippen molar-refractivity contribution in [3.05, 3.63) is 35.4 Å². The molecule has 2 atom stereocenters. The molecule has 0 unspecified atom stereocenters. The maximum Gasteiger partial charge on any atom is 0.150 e. The Kier molecular flexibility index (Phi) is 4.71. The highest BCUT2D eigenvalue weighted by molar-refractivity contribution is 7.91. The number of nitrogens with zero attached hydrogens (tertiary/aromatic N) is 1. The van der Waals surface area contributed by atoms with E-state index in [2.05, 4.69) is 0 Å². The number of likely N-dealkylation sites (tertiary alicyclic amines) is 1. The van der Waals surface area contributed by atoms with Crippen LogP contribution in [-0.2, 0) is 9.84 Å². The summed E-state index contributed by atoms with van der Waals surface area (Å²) in [6.45, 7) is 1.01. The van der Waals surface area contributed by atoms with Crippen molar-refractivity contribution in [2.45, 2.75) is 31.4 Å². The van der Waals surface area contributed by atoms with Crippen LogP contribution in [0.15, 0.2) is 18.2 Å². The molecule has 0 aromatic heterocycles. The molecule has 2 aliphatic rings. The van der Waals surface area contributed by atoms with Crippen LogP contribution in [0.4, 0.5) is 8.78 Å². The van der Waals surface area contributed by atoms with Crippen molar-refractivity contribution < 1.29 is 22.3 Å². The smallest absolute Gasteiger partial charge is 0.150 e. The second-order valence-corrected chi connectivity index (χ2v) is 8.92. The fraction of sp³-hybridized carbons (Fsp3) is 0.625. The van der Waals surface area contributed by atoms with Crippen LogP contribution in [0, 0.1) is 17.6 Å². The van der Waals surface area contributed by atoms with Gasteiger partial charge in [0.05, 0.1) is 17.6 Å². The number of β-amino-alcohol motifs (C(OH)–C–C–N with tert-alkyl or cyclic N) is 1. The van der Waals surface area contributed by atoms with Crippen molar-refractivity contribution in [3.63, 3.8) is 0 Å². The number of rotatable bonds is 3. The second kappa shape index (κ2) is 6.45. The van der Waals surface area contributed by atoms with Crippen LogP contribution >= 0.6 is 0 Å². The molecule has 2 fully saturated rings. The lowest BCUT2D eigenvalue weighted by molar-refractivity contribution is 0.162. The van der Waals surface area contributed by atoms with Crippen molar-refractivity contribution in [2.24, 2.45) is 5.92 Å². The van der Waals surface area contributed by atoms with E-state index >= 15 is 0 Å². The van der Waals surface area contributed by atoms with Crippen molar-refractivity contribution in [3.8, 4) is 0 Å². The van der Waals surface area contributed by atoms with Gasteiger partial charge in [0.25, 0.3) is 0 Å². The highest BCUT2D eigenvalue weighted by atomic mass is 32.2. The fourth-order valence-corrected chi connectivity index (χ4v) is 5.22. The number of hydrogen-bond donors (Lipinski definition) is 1. The number of halogens is 2. The van der Waals surface area contributed by atoms with Crippen LogP contribution in [0.5, 0.6) is 0 Å². The van der Waals surface area contributed by atoms with Gasteiger partial charge in [0.1, 0.15) is 21.5 Å². The predicted molar refractivity (Wildman–Crippen MR) is 82.7 cm³/mol. The molecule has 0 aliphatic carbocycles. The molecule has 2 saturated heterocycles. The predicted octanol–water partition coefficient (Wildman–Crippen LogP) is 1.90. The van der Waals surface area contributed by atoms with Crippen LogP contribution in [0.1, 0.15) is 30.9 Å². The normalized spacial score (nSPS) is 29.0. The van der Waals surface area contributed by atoms with Crippen molar-refractivity contribution in [2.75, 3.05) is 24.6 Å². The summed E-state index contributed by atoms with van der Waals surface area (Å²) >= 11 is 0. The number of benzene rings is 1. The minimum atomic E-state index is -2.92. The van der Waals surface area contributed by atoms with Gasteiger partial charge in [0, 0.05) is 24.7 Å². The molecule has 128 valence electrons. The minimum absolute atomic E-state index is 0.188. The van der Waals surface area contributed by atoms with Crippen molar-refractivity contribution in [1.82, 2.24) is 4.90 Å². The maximum absolute atomic E-state index is 14.0. The zero-order chi connectivity index (χ0) is 16.6. The molecule has 0 radical (unpaired) electrons. The van der Waals surface area contributed by atoms with E-state index in [-0.39, 0.29) is 29.0 Å². The quantitative estimate of drug-likeness (QED) is 0.909. The standard InChI is InChI=1S/C16H21F2NO3S/c17-12-1-2-15(18)14(7-12)16-8-13(20)10-19(16)9-11-3-5-23(21,22)6-4-11/h1-2,7,11,13,16,20H,3-6,8-10H2/t13-,16-/m1/s1. The third-order valence-electron chi connectivity index (χ3n) is 4.87. The van der Waals surface area contributed by atoms with E-state index in [1.165, 1.54) is 6.07 Å². The van der Waals surface area contributed by atoms with E-state index in [0.29, 0.717) is 32.4 Å². The molecule has 0 amide bonds. The molecule has 7 heteroatoms. The molecule has 1 N–H and O–H groups in total. The Bertz CT molecular complexity index is 666. The molecule has 2 heterocycles. The Balaban J connectivity index is 1.74. The molecule has 23 heavy (non-hydrogen) atoms. The monoisotopic (exact) mass is 345 g/mol. The first kappa shape index (κ1) is 16.8. The van der Waals surface area contributed by atoms with Gasteiger partial charge in [-0.15, -0.1) is 0 Å². The SMILES string of the molecule is O=S1(=O)CCC(CN2C[C@H](O)C[C@@H]2c2cc(F)ccc2F)CC1. The Hall–Kier alpha value is -1.05. The number of hydrogen-bond acceptors (Lipinski definition) is 4. The summed E-state index contributed by atoms with van der Waals surface area (Å²) < 4.78 is 50.5. The van der Waals surface area contributed by atoms with Gasteiger partial charge in [0.15, 0.2) is 0 Å². The molecule has 0 bridgehead atoms. The molecular weight excluding hydrogens is 324 g/mol. The highest BCUT2D eigenvalue weighted by Crippen LogP contribution is 2.35. The molecule has 3 rings (SSSR count). The van der Waals surface area contributed by atoms with Crippen LogP contribution < -0.4 is 0 Å². The summed E-state index contributed by atoms with van der Waals surface area (Å²) in [5.41, 5.74) is 0.269.